The minimum atomic E-state index is -1.05. The van der Waals surface area contributed by atoms with Gasteiger partial charge in [0.25, 0.3) is 0 Å². The van der Waals surface area contributed by atoms with Gasteiger partial charge in [-0.25, -0.2) is 0 Å². The highest BCUT2D eigenvalue weighted by Gasteiger charge is 2.29. The van der Waals surface area contributed by atoms with Gasteiger partial charge in [-0.3, -0.25) is 14.4 Å². The summed E-state index contributed by atoms with van der Waals surface area (Å²) in [5.41, 5.74) is 5.37. The lowest BCUT2D eigenvalue weighted by atomic mass is 9.98. The molecular weight excluding hydrogens is 418 g/mol. The van der Waals surface area contributed by atoms with E-state index < -0.39 is 17.8 Å². The van der Waals surface area contributed by atoms with Crippen molar-refractivity contribution in [2.75, 3.05) is 13.2 Å². The van der Waals surface area contributed by atoms with Gasteiger partial charge >= 0.3 is 11.9 Å². The Bertz CT molecular complexity index is 1110. The first-order chi connectivity index (χ1) is 16.0. The maximum atomic E-state index is 12.7. The van der Waals surface area contributed by atoms with Crippen molar-refractivity contribution in [1.82, 2.24) is 4.90 Å². The highest BCUT2D eigenvalue weighted by Crippen LogP contribution is 2.44. The maximum Gasteiger partial charge on any atom is 0.325 e. The second-order valence-corrected chi connectivity index (χ2v) is 8.04. The Hall–Kier alpha value is -3.93. The number of carboxylic acid groups (broad SMARTS) is 1. The van der Waals surface area contributed by atoms with E-state index in [0.717, 1.165) is 27.8 Å². The van der Waals surface area contributed by atoms with Crippen LogP contribution in [-0.4, -0.2) is 41.0 Å². The van der Waals surface area contributed by atoms with Gasteiger partial charge in [-0.15, -0.1) is 0 Å². The van der Waals surface area contributed by atoms with Crippen molar-refractivity contribution in [2.24, 2.45) is 0 Å². The maximum absolute atomic E-state index is 12.7. The van der Waals surface area contributed by atoms with Crippen molar-refractivity contribution < 1.29 is 24.2 Å². The Morgan fingerprint density at radius 2 is 1.36 bits per heavy atom. The third-order valence-electron chi connectivity index (χ3n) is 5.82. The summed E-state index contributed by atoms with van der Waals surface area (Å²) < 4.78 is 5.63. The quantitative estimate of drug-likeness (QED) is 0.500. The zero-order valence-corrected chi connectivity index (χ0v) is 18.1. The number of carbonyl (C=O) groups is 3. The minimum absolute atomic E-state index is 0.0633. The van der Waals surface area contributed by atoms with E-state index in [1.54, 1.807) is 0 Å². The number of amides is 1. The molecule has 1 aliphatic rings. The molecule has 0 radical (unpaired) electrons. The smallest absolute Gasteiger partial charge is 0.325 e. The Balaban J connectivity index is 1.44. The largest absolute Gasteiger partial charge is 0.481 e. The first-order valence-electron chi connectivity index (χ1n) is 10.9. The second-order valence-electron chi connectivity index (χ2n) is 8.04. The number of aliphatic carboxylic acids is 1. The molecule has 1 amide bonds. The molecule has 0 spiro atoms. The molecule has 0 aromatic heterocycles. The first kappa shape index (κ1) is 22.3. The van der Waals surface area contributed by atoms with Gasteiger partial charge in [-0.1, -0.05) is 78.9 Å². The molecule has 0 heterocycles. The highest BCUT2D eigenvalue weighted by atomic mass is 16.5. The normalized spacial score (nSPS) is 12.0. The molecule has 3 aromatic carbocycles. The Labute approximate surface area is 192 Å². The van der Waals surface area contributed by atoms with Crippen LogP contribution in [0, 0.1) is 0 Å². The van der Waals surface area contributed by atoms with E-state index in [0.29, 0.717) is 0 Å². The van der Waals surface area contributed by atoms with E-state index in [9.17, 15) is 14.4 Å². The zero-order valence-electron chi connectivity index (χ0n) is 18.1. The van der Waals surface area contributed by atoms with Crippen LogP contribution in [0.1, 0.15) is 35.4 Å². The minimum Gasteiger partial charge on any atom is -0.481 e. The number of rotatable bonds is 9. The predicted octanol–water partition coefficient (Wildman–Crippen LogP) is 4.24. The van der Waals surface area contributed by atoms with Gasteiger partial charge in [0, 0.05) is 18.9 Å². The van der Waals surface area contributed by atoms with Crippen LogP contribution in [0.15, 0.2) is 78.9 Å². The van der Waals surface area contributed by atoms with Gasteiger partial charge < -0.3 is 14.7 Å². The molecular formula is C27H25NO5. The molecule has 0 unspecified atom stereocenters. The molecule has 1 aliphatic carbocycles. The Morgan fingerprint density at radius 3 is 1.97 bits per heavy atom. The standard InChI is InChI=1S/C27H25NO5/c29-25(14-15-26(30)31)28(16-19-8-2-1-3-9-19)17-27(32)33-18-24-22-12-6-4-10-20(22)21-11-5-7-13-23(21)24/h1-13,24H,14-18H2,(H,30,31). The molecule has 0 aliphatic heterocycles. The third-order valence-corrected chi connectivity index (χ3v) is 5.82. The van der Waals surface area contributed by atoms with Crippen molar-refractivity contribution in [3.63, 3.8) is 0 Å². The number of fused-ring (bicyclic) bond motifs is 3. The number of hydrogen-bond donors (Lipinski definition) is 1. The summed E-state index contributed by atoms with van der Waals surface area (Å²) >= 11 is 0. The fourth-order valence-corrected chi connectivity index (χ4v) is 4.23. The van der Waals surface area contributed by atoms with E-state index in [1.807, 2.05) is 66.7 Å². The summed E-state index contributed by atoms with van der Waals surface area (Å²) in [5, 5.41) is 8.92. The van der Waals surface area contributed by atoms with Crippen LogP contribution >= 0.6 is 0 Å². The number of carboxylic acids is 1. The fraction of sp³-hybridized carbons (Fsp3) is 0.222. The van der Waals surface area contributed by atoms with Crippen molar-refractivity contribution in [3.05, 3.63) is 95.6 Å². The number of benzene rings is 3. The first-order valence-corrected chi connectivity index (χ1v) is 10.9. The average Bonchev–Trinajstić information content (AvgIpc) is 3.15. The van der Waals surface area contributed by atoms with E-state index >= 15 is 0 Å². The summed E-state index contributed by atoms with van der Waals surface area (Å²) in [4.78, 5) is 37.6. The van der Waals surface area contributed by atoms with Gasteiger partial charge in [0.05, 0.1) is 6.42 Å². The second kappa shape index (κ2) is 10.1. The molecule has 0 bridgehead atoms. The fourth-order valence-electron chi connectivity index (χ4n) is 4.23. The molecule has 1 N–H and O–H groups in total. The summed E-state index contributed by atoms with van der Waals surface area (Å²) in [6.07, 6.45) is -0.451. The van der Waals surface area contributed by atoms with E-state index in [4.69, 9.17) is 9.84 Å². The van der Waals surface area contributed by atoms with Crippen LogP contribution < -0.4 is 0 Å². The highest BCUT2D eigenvalue weighted by molar-refractivity contribution is 5.84. The predicted molar refractivity (Wildman–Crippen MR) is 123 cm³/mol. The van der Waals surface area contributed by atoms with E-state index in [2.05, 4.69) is 12.1 Å². The molecule has 6 heteroatoms. The van der Waals surface area contributed by atoms with Crippen LogP contribution in [-0.2, 0) is 25.7 Å². The SMILES string of the molecule is O=C(O)CCC(=O)N(CC(=O)OCC1c2ccccc2-c2ccccc21)Cc1ccccc1. The summed E-state index contributed by atoms with van der Waals surface area (Å²) in [7, 11) is 0. The number of hydrogen-bond acceptors (Lipinski definition) is 4. The van der Waals surface area contributed by atoms with Crippen LogP contribution in [0.25, 0.3) is 11.1 Å². The molecule has 0 atom stereocenters. The lowest BCUT2D eigenvalue weighted by Crippen LogP contribution is -2.36. The zero-order chi connectivity index (χ0) is 23.2. The van der Waals surface area contributed by atoms with Crippen molar-refractivity contribution in [3.8, 4) is 11.1 Å². The Morgan fingerprint density at radius 1 is 0.788 bits per heavy atom. The molecule has 4 rings (SSSR count). The summed E-state index contributed by atoms with van der Waals surface area (Å²) in [6.45, 7) is 0.155. The van der Waals surface area contributed by atoms with Crippen molar-refractivity contribution >= 4 is 17.8 Å². The van der Waals surface area contributed by atoms with Gasteiger partial charge in [0.2, 0.25) is 5.91 Å². The Kier molecular flexibility index (Phi) is 6.83. The van der Waals surface area contributed by atoms with E-state index in [1.165, 1.54) is 4.90 Å². The van der Waals surface area contributed by atoms with Crippen LogP contribution in [0.3, 0.4) is 0 Å². The molecule has 3 aromatic rings. The lowest BCUT2D eigenvalue weighted by Gasteiger charge is -2.22. The van der Waals surface area contributed by atoms with Crippen LogP contribution in [0.5, 0.6) is 0 Å². The molecule has 168 valence electrons. The lowest BCUT2D eigenvalue weighted by molar-refractivity contribution is -0.150. The van der Waals surface area contributed by atoms with Gasteiger partial charge in [-0.05, 0) is 27.8 Å². The number of ether oxygens (including phenoxy) is 1. The van der Waals surface area contributed by atoms with Crippen molar-refractivity contribution in [1.29, 1.82) is 0 Å². The molecule has 0 saturated carbocycles. The molecule has 33 heavy (non-hydrogen) atoms. The van der Waals surface area contributed by atoms with Gasteiger partial charge in [-0.2, -0.15) is 0 Å². The summed E-state index contributed by atoms with van der Waals surface area (Å²) in [6, 6.07) is 25.4. The van der Waals surface area contributed by atoms with Crippen LogP contribution in [0.2, 0.25) is 0 Å². The molecule has 0 saturated heterocycles. The topological polar surface area (TPSA) is 83.9 Å². The van der Waals surface area contributed by atoms with Crippen LogP contribution in [0.4, 0.5) is 0 Å². The van der Waals surface area contributed by atoms with Gasteiger partial charge in [0.1, 0.15) is 13.2 Å². The van der Waals surface area contributed by atoms with E-state index in [-0.39, 0.29) is 38.5 Å². The molecule has 0 fully saturated rings. The molecule has 6 nitrogen and oxygen atoms in total. The van der Waals surface area contributed by atoms with Crippen molar-refractivity contribution in [2.45, 2.75) is 25.3 Å². The number of esters is 1. The average molecular weight is 443 g/mol. The number of carbonyl (C=O) groups excluding carboxylic acids is 2. The monoisotopic (exact) mass is 443 g/mol. The number of nitrogens with zero attached hydrogens (tertiary/aromatic N) is 1. The summed E-state index contributed by atoms with van der Waals surface area (Å²) in [5.74, 6) is -2.03. The third kappa shape index (κ3) is 5.29. The van der Waals surface area contributed by atoms with Gasteiger partial charge in [0.15, 0.2) is 0 Å².